The van der Waals surface area contributed by atoms with Crippen molar-refractivity contribution in [3.63, 3.8) is 0 Å². The van der Waals surface area contributed by atoms with Crippen molar-refractivity contribution in [1.82, 2.24) is 14.1 Å². The van der Waals surface area contributed by atoms with Crippen LogP contribution in [-0.4, -0.2) is 46.7 Å². The van der Waals surface area contributed by atoms with Crippen LogP contribution in [-0.2, 0) is 22.6 Å². The van der Waals surface area contributed by atoms with Gasteiger partial charge in [0.1, 0.15) is 17.2 Å². The summed E-state index contributed by atoms with van der Waals surface area (Å²) in [7, 11) is 3.10. The number of allylic oxidation sites excluding steroid dienone is 1. The van der Waals surface area contributed by atoms with Crippen LogP contribution in [0, 0.1) is 11.3 Å². The molecule has 0 bridgehead atoms. The molecule has 5 rings (SSSR count). The van der Waals surface area contributed by atoms with E-state index in [1.54, 1.807) is 26.4 Å². The Morgan fingerprint density at radius 3 is 2.10 bits per heavy atom. The van der Waals surface area contributed by atoms with Gasteiger partial charge in [0.2, 0.25) is 5.88 Å². The number of aromatic nitrogens is 3. The number of aromatic amines is 1. The third-order valence-corrected chi connectivity index (χ3v) is 6.75. The second kappa shape index (κ2) is 11.5. The molecule has 11 heteroatoms. The highest BCUT2D eigenvalue weighted by atomic mass is 16.5. The maximum Gasteiger partial charge on any atom is 0.333 e. The molecule has 0 radical (unpaired) electrons. The molecule has 3 heterocycles. The standard InChI is InChI=1S/C29H28N6O5/c1-39-15-7-13-34-27(36)23(28(37)35(29(34)38)14-8-16-40-2)25-19-10-4-3-9-18(19)24(33-25)20(17-30)26-31-21-11-5-6-12-22(21)32-26/h3-6,9-12,33,36H,7-8,13-16H2,1-2H3. The molecule has 0 saturated heterocycles. The van der Waals surface area contributed by atoms with E-state index < -0.39 is 17.1 Å². The van der Waals surface area contributed by atoms with Crippen molar-refractivity contribution in [3.8, 4) is 23.2 Å². The summed E-state index contributed by atoms with van der Waals surface area (Å²) < 4.78 is 12.5. The molecule has 1 aliphatic rings. The molecule has 0 amide bonds. The summed E-state index contributed by atoms with van der Waals surface area (Å²) in [5, 5.41) is 24.1. The summed E-state index contributed by atoms with van der Waals surface area (Å²) in [5.74, 6) is -0.213. The predicted octanol–water partition coefficient (Wildman–Crippen LogP) is 2.08. The number of nitrogens with one attached hydrogen (secondary N) is 1. The molecule has 1 aliphatic heterocycles. The van der Waals surface area contributed by atoms with Gasteiger partial charge >= 0.3 is 5.69 Å². The van der Waals surface area contributed by atoms with Crippen molar-refractivity contribution in [2.75, 3.05) is 27.4 Å². The Hall–Kier alpha value is -4.79. The zero-order chi connectivity index (χ0) is 28.2. The van der Waals surface area contributed by atoms with E-state index in [9.17, 15) is 20.0 Å². The Bertz CT molecular complexity index is 1870. The topological polar surface area (TPSA) is 147 Å². The fraction of sp³-hybridized carbons (Fsp3) is 0.276. The monoisotopic (exact) mass is 540 g/mol. The van der Waals surface area contributed by atoms with Crippen LogP contribution in [0.5, 0.6) is 5.88 Å². The summed E-state index contributed by atoms with van der Waals surface area (Å²) in [6, 6.07) is 16.7. The van der Waals surface area contributed by atoms with E-state index >= 15 is 0 Å². The lowest BCUT2D eigenvalue weighted by molar-refractivity contribution is 0.185. The van der Waals surface area contributed by atoms with Gasteiger partial charge in [0.15, 0.2) is 5.82 Å². The number of hydrogen-bond donors (Lipinski definition) is 2. The summed E-state index contributed by atoms with van der Waals surface area (Å²) in [4.78, 5) is 39.3. The molecule has 0 atom stereocenters. The Balaban J connectivity index is 1.76. The quantitative estimate of drug-likeness (QED) is 0.233. The Morgan fingerprint density at radius 1 is 0.925 bits per heavy atom. The lowest BCUT2D eigenvalue weighted by Crippen LogP contribution is -2.41. The first kappa shape index (κ1) is 26.8. The van der Waals surface area contributed by atoms with E-state index in [-0.39, 0.29) is 35.7 Å². The molecular weight excluding hydrogens is 512 g/mol. The van der Waals surface area contributed by atoms with E-state index in [0.29, 0.717) is 53.2 Å². The number of aromatic hydroxyl groups is 1. The van der Waals surface area contributed by atoms with Crippen LogP contribution >= 0.6 is 0 Å². The van der Waals surface area contributed by atoms with Gasteiger partial charge in [-0.15, -0.1) is 0 Å². The van der Waals surface area contributed by atoms with Gasteiger partial charge in [-0.2, -0.15) is 5.26 Å². The Kier molecular flexibility index (Phi) is 7.72. The number of para-hydroxylation sites is 2. The van der Waals surface area contributed by atoms with E-state index in [1.165, 1.54) is 4.57 Å². The second-order valence-electron chi connectivity index (χ2n) is 9.23. The van der Waals surface area contributed by atoms with Crippen molar-refractivity contribution in [2.45, 2.75) is 25.9 Å². The molecular formula is C29H28N6O5. The first-order chi connectivity index (χ1) is 19.5. The number of H-pyrrole nitrogens is 1. The van der Waals surface area contributed by atoms with Crippen LogP contribution in [0.3, 0.4) is 0 Å². The number of methoxy groups -OCH3 is 2. The third-order valence-electron chi connectivity index (χ3n) is 6.75. The summed E-state index contributed by atoms with van der Waals surface area (Å²) in [6.07, 6.45) is 0.879. The van der Waals surface area contributed by atoms with Gasteiger partial charge in [0.25, 0.3) is 5.56 Å². The lowest BCUT2D eigenvalue weighted by atomic mass is 10.1. The average Bonchev–Trinajstić information content (AvgIpc) is 3.55. The van der Waals surface area contributed by atoms with Crippen LogP contribution < -0.4 is 22.0 Å². The molecule has 11 nitrogen and oxygen atoms in total. The molecule has 4 aromatic rings. The maximum atomic E-state index is 13.8. The molecule has 0 unspecified atom stereocenters. The van der Waals surface area contributed by atoms with Gasteiger partial charge in [-0.3, -0.25) is 13.9 Å². The predicted molar refractivity (Wildman–Crippen MR) is 148 cm³/mol. The van der Waals surface area contributed by atoms with Crippen molar-refractivity contribution in [3.05, 3.63) is 91.6 Å². The van der Waals surface area contributed by atoms with Gasteiger partial charge in [0, 0.05) is 51.3 Å². The molecule has 0 saturated carbocycles. The highest BCUT2D eigenvalue weighted by Gasteiger charge is 2.26. The molecule has 0 aliphatic carbocycles. The van der Waals surface area contributed by atoms with Crippen molar-refractivity contribution in [1.29, 1.82) is 5.26 Å². The fourth-order valence-electron chi connectivity index (χ4n) is 4.85. The van der Waals surface area contributed by atoms with Crippen LogP contribution in [0.15, 0.2) is 73.9 Å². The highest BCUT2D eigenvalue weighted by Crippen LogP contribution is 2.36. The van der Waals surface area contributed by atoms with Crippen LogP contribution in [0.4, 0.5) is 0 Å². The number of fused-ring (bicyclic) bond motifs is 2. The van der Waals surface area contributed by atoms with Gasteiger partial charge in [-0.25, -0.2) is 14.8 Å². The molecule has 2 aromatic carbocycles. The number of rotatable bonds is 10. The van der Waals surface area contributed by atoms with Gasteiger partial charge in [-0.1, -0.05) is 36.4 Å². The largest absolute Gasteiger partial charge is 0.494 e. The molecule has 2 aromatic heterocycles. The van der Waals surface area contributed by atoms with Crippen molar-refractivity contribution in [2.24, 2.45) is 9.98 Å². The number of nitriles is 1. The minimum Gasteiger partial charge on any atom is -0.494 e. The molecule has 0 spiro atoms. The first-order valence-electron chi connectivity index (χ1n) is 12.8. The SMILES string of the molecule is COCCCn1c(O)c(-c2[nH]c(C(C#N)=C3N=c4ccccc4=N3)c3ccccc23)c(=O)n(CCCOC)c1=O. The van der Waals surface area contributed by atoms with E-state index in [0.717, 1.165) is 4.57 Å². The van der Waals surface area contributed by atoms with Crippen LogP contribution in [0.2, 0.25) is 0 Å². The lowest BCUT2D eigenvalue weighted by Gasteiger charge is -2.15. The van der Waals surface area contributed by atoms with Crippen molar-refractivity contribution >= 4 is 16.3 Å². The van der Waals surface area contributed by atoms with E-state index in [1.807, 2.05) is 36.4 Å². The number of benzene rings is 2. The minimum absolute atomic E-state index is 0.0669. The summed E-state index contributed by atoms with van der Waals surface area (Å²) in [6.45, 7) is 0.979. The smallest absolute Gasteiger partial charge is 0.333 e. The Morgan fingerprint density at radius 2 is 1.50 bits per heavy atom. The van der Waals surface area contributed by atoms with Crippen LogP contribution in [0.1, 0.15) is 18.5 Å². The fourth-order valence-corrected chi connectivity index (χ4v) is 4.85. The van der Waals surface area contributed by atoms with Gasteiger partial charge in [0.05, 0.1) is 22.1 Å². The number of ether oxygens (including phenoxy) is 2. The highest BCUT2D eigenvalue weighted by molar-refractivity contribution is 6.04. The van der Waals surface area contributed by atoms with Crippen LogP contribution in [0.25, 0.3) is 27.6 Å². The summed E-state index contributed by atoms with van der Waals surface area (Å²) >= 11 is 0. The number of hydrogen-bond acceptors (Lipinski definition) is 8. The van der Waals surface area contributed by atoms with Gasteiger partial charge in [-0.05, 0) is 25.0 Å². The minimum atomic E-state index is -0.644. The van der Waals surface area contributed by atoms with E-state index in [4.69, 9.17) is 9.47 Å². The average molecular weight is 541 g/mol. The molecule has 2 N–H and O–H groups in total. The molecule has 0 fully saturated rings. The summed E-state index contributed by atoms with van der Waals surface area (Å²) in [5.41, 5.74) is -0.442. The van der Waals surface area contributed by atoms with Crippen molar-refractivity contribution < 1.29 is 14.6 Å². The Labute approximate surface area is 228 Å². The zero-order valence-corrected chi connectivity index (χ0v) is 22.2. The van der Waals surface area contributed by atoms with E-state index in [2.05, 4.69) is 21.0 Å². The first-order valence-corrected chi connectivity index (χ1v) is 12.8. The maximum absolute atomic E-state index is 13.8. The van der Waals surface area contributed by atoms with Gasteiger partial charge < -0.3 is 19.6 Å². The normalized spacial score (nSPS) is 12.2. The third kappa shape index (κ3) is 4.75. The second-order valence-corrected chi connectivity index (χ2v) is 9.23. The molecule has 40 heavy (non-hydrogen) atoms. The number of nitrogens with zero attached hydrogens (tertiary/aromatic N) is 5. The molecule has 204 valence electrons. The zero-order valence-electron chi connectivity index (χ0n) is 22.2.